The maximum absolute atomic E-state index is 14.0. The Kier molecular flexibility index (Phi) is 4.65. The molecule has 0 bridgehead atoms. The SMILES string of the molecule is Cc1c(-c2ccc(F)c(Cl)c2)nn2c1CN(C(=O)OC(C)(C)C)CC21CC(F)(F)C1. The van der Waals surface area contributed by atoms with E-state index in [0.29, 0.717) is 17.0 Å². The van der Waals surface area contributed by atoms with E-state index in [1.165, 1.54) is 17.0 Å². The second-order valence-electron chi connectivity index (χ2n) is 9.23. The molecule has 2 aliphatic rings. The van der Waals surface area contributed by atoms with Crippen LogP contribution in [0.3, 0.4) is 0 Å². The fourth-order valence-electron chi connectivity index (χ4n) is 4.31. The van der Waals surface area contributed by atoms with Crippen molar-refractivity contribution in [3.8, 4) is 11.3 Å². The van der Waals surface area contributed by atoms with E-state index in [2.05, 4.69) is 5.10 Å². The first-order valence-electron chi connectivity index (χ1n) is 9.70. The molecule has 1 aromatic heterocycles. The van der Waals surface area contributed by atoms with E-state index >= 15 is 0 Å². The first-order valence-corrected chi connectivity index (χ1v) is 10.1. The number of rotatable bonds is 1. The number of carbonyl (C=O) groups is 1. The van der Waals surface area contributed by atoms with E-state index in [9.17, 15) is 18.0 Å². The smallest absolute Gasteiger partial charge is 0.410 e. The zero-order valence-corrected chi connectivity index (χ0v) is 18.0. The van der Waals surface area contributed by atoms with Crippen LogP contribution in [-0.2, 0) is 16.8 Å². The van der Waals surface area contributed by atoms with Gasteiger partial charge >= 0.3 is 6.09 Å². The summed E-state index contributed by atoms with van der Waals surface area (Å²) in [6.45, 7) is 7.37. The Bertz CT molecular complexity index is 1020. The topological polar surface area (TPSA) is 47.4 Å². The molecule has 2 aromatic rings. The molecule has 162 valence electrons. The molecule has 1 aliphatic heterocycles. The first kappa shape index (κ1) is 21.0. The van der Waals surface area contributed by atoms with Crippen molar-refractivity contribution in [2.75, 3.05) is 6.54 Å². The lowest BCUT2D eigenvalue weighted by Crippen LogP contribution is -2.63. The number of amides is 1. The monoisotopic (exact) mass is 441 g/mol. The summed E-state index contributed by atoms with van der Waals surface area (Å²) in [5.41, 5.74) is 0.828. The van der Waals surface area contributed by atoms with E-state index in [1.807, 2.05) is 6.92 Å². The van der Waals surface area contributed by atoms with Crippen molar-refractivity contribution in [1.29, 1.82) is 0 Å². The number of carbonyl (C=O) groups excluding carboxylic acids is 1. The van der Waals surface area contributed by atoms with Crippen LogP contribution >= 0.6 is 11.6 Å². The van der Waals surface area contributed by atoms with Crippen LogP contribution in [0.2, 0.25) is 5.02 Å². The fourth-order valence-corrected chi connectivity index (χ4v) is 4.49. The molecule has 1 spiro atoms. The molecular formula is C21H23ClF3N3O2. The van der Waals surface area contributed by atoms with Crippen molar-refractivity contribution in [2.45, 2.75) is 64.1 Å². The second kappa shape index (κ2) is 6.64. The fraction of sp³-hybridized carbons (Fsp3) is 0.524. The summed E-state index contributed by atoms with van der Waals surface area (Å²) in [6.07, 6.45) is -1.36. The van der Waals surface area contributed by atoms with Gasteiger partial charge < -0.3 is 4.74 Å². The highest BCUT2D eigenvalue weighted by Gasteiger charge is 2.61. The van der Waals surface area contributed by atoms with Crippen LogP contribution in [0.25, 0.3) is 11.3 Å². The van der Waals surface area contributed by atoms with Gasteiger partial charge in [0.1, 0.15) is 11.4 Å². The van der Waals surface area contributed by atoms with Gasteiger partial charge in [-0.2, -0.15) is 5.10 Å². The van der Waals surface area contributed by atoms with Gasteiger partial charge in [-0.3, -0.25) is 9.58 Å². The molecule has 0 radical (unpaired) electrons. The Labute approximate surface area is 177 Å². The predicted molar refractivity (Wildman–Crippen MR) is 106 cm³/mol. The molecule has 9 heteroatoms. The summed E-state index contributed by atoms with van der Waals surface area (Å²) in [6, 6.07) is 4.26. The van der Waals surface area contributed by atoms with Gasteiger partial charge in [-0.25, -0.2) is 18.0 Å². The Hall–Kier alpha value is -2.22. The van der Waals surface area contributed by atoms with Gasteiger partial charge in [-0.15, -0.1) is 0 Å². The minimum atomic E-state index is -2.81. The summed E-state index contributed by atoms with van der Waals surface area (Å²) in [5, 5.41) is 4.58. The summed E-state index contributed by atoms with van der Waals surface area (Å²) in [7, 11) is 0. The minimum Gasteiger partial charge on any atom is -0.444 e. The molecule has 5 nitrogen and oxygen atoms in total. The molecule has 0 saturated heterocycles. The number of halogens is 4. The van der Waals surface area contributed by atoms with Crippen molar-refractivity contribution in [3.05, 3.63) is 40.3 Å². The summed E-state index contributed by atoms with van der Waals surface area (Å²) in [5.74, 6) is -3.36. The number of aromatic nitrogens is 2. The second-order valence-corrected chi connectivity index (χ2v) is 9.64. The Morgan fingerprint density at radius 3 is 2.50 bits per heavy atom. The number of hydrogen-bond donors (Lipinski definition) is 0. The highest BCUT2D eigenvalue weighted by Crippen LogP contribution is 2.53. The van der Waals surface area contributed by atoms with Crippen LogP contribution in [0.15, 0.2) is 18.2 Å². The van der Waals surface area contributed by atoms with Crippen molar-refractivity contribution >= 4 is 17.7 Å². The van der Waals surface area contributed by atoms with Gasteiger partial charge in [-0.1, -0.05) is 11.6 Å². The van der Waals surface area contributed by atoms with Crippen LogP contribution in [0.5, 0.6) is 0 Å². The highest BCUT2D eigenvalue weighted by atomic mass is 35.5. The third kappa shape index (κ3) is 3.55. The molecule has 4 rings (SSSR count). The number of alkyl halides is 2. The summed E-state index contributed by atoms with van der Waals surface area (Å²) in [4.78, 5) is 14.2. The van der Waals surface area contributed by atoms with E-state index in [-0.39, 0.29) is 18.1 Å². The molecule has 0 atom stereocenters. The van der Waals surface area contributed by atoms with Gasteiger partial charge in [0.15, 0.2) is 0 Å². The van der Waals surface area contributed by atoms with Gasteiger partial charge in [0.05, 0.1) is 35.0 Å². The average Bonchev–Trinajstić information content (AvgIpc) is 2.92. The Balaban J connectivity index is 1.77. The van der Waals surface area contributed by atoms with E-state index in [4.69, 9.17) is 16.3 Å². The zero-order valence-electron chi connectivity index (χ0n) is 17.2. The highest BCUT2D eigenvalue weighted by molar-refractivity contribution is 6.31. The van der Waals surface area contributed by atoms with E-state index in [0.717, 1.165) is 5.56 Å². The number of ether oxygens (including phenoxy) is 1. The quantitative estimate of drug-likeness (QED) is 0.585. The van der Waals surface area contributed by atoms with Crippen molar-refractivity contribution < 1.29 is 22.7 Å². The van der Waals surface area contributed by atoms with Gasteiger partial charge in [0.25, 0.3) is 5.92 Å². The van der Waals surface area contributed by atoms with Crippen LogP contribution in [0.4, 0.5) is 18.0 Å². The molecule has 1 fully saturated rings. The maximum Gasteiger partial charge on any atom is 0.410 e. The summed E-state index contributed by atoms with van der Waals surface area (Å²) >= 11 is 5.92. The Morgan fingerprint density at radius 1 is 1.27 bits per heavy atom. The molecule has 0 N–H and O–H groups in total. The lowest BCUT2D eigenvalue weighted by Gasteiger charge is -2.52. The third-order valence-corrected chi connectivity index (χ3v) is 5.83. The molecule has 1 aliphatic carbocycles. The lowest BCUT2D eigenvalue weighted by atomic mass is 9.72. The van der Waals surface area contributed by atoms with Crippen LogP contribution in [0, 0.1) is 12.7 Å². The first-order chi connectivity index (χ1) is 13.8. The van der Waals surface area contributed by atoms with Crippen molar-refractivity contribution in [1.82, 2.24) is 14.7 Å². The van der Waals surface area contributed by atoms with Crippen LogP contribution < -0.4 is 0 Å². The van der Waals surface area contributed by atoms with Crippen molar-refractivity contribution in [2.24, 2.45) is 0 Å². The molecular weight excluding hydrogens is 419 g/mol. The standard InChI is InChI=1S/C21H23ClF3N3O2/c1-12-16-8-27(18(29)30-19(2,3)4)11-20(9-21(24,25)10-20)28(16)26-17(12)13-5-6-15(23)14(22)7-13/h5-7H,8-11H2,1-4H3. The molecule has 0 unspecified atom stereocenters. The zero-order chi connectivity index (χ0) is 22.1. The molecule has 1 aromatic carbocycles. The van der Waals surface area contributed by atoms with Gasteiger partial charge in [0.2, 0.25) is 0 Å². The van der Waals surface area contributed by atoms with Gasteiger partial charge in [-0.05, 0) is 45.9 Å². The number of hydrogen-bond acceptors (Lipinski definition) is 3. The number of nitrogens with zero attached hydrogens (tertiary/aromatic N) is 3. The van der Waals surface area contributed by atoms with E-state index in [1.54, 1.807) is 31.5 Å². The van der Waals surface area contributed by atoms with E-state index < -0.39 is 41.8 Å². The number of benzene rings is 1. The molecule has 30 heavy (non-hydrogen) atoms. The molecule has 2 heterocycles. The largest absolute Gasteiger partial charge is 0.444 e. The van der Waals surface area contributed by atoms with Gasteiger partial charge in [0, 0.05) is 24.0 Å². The maximum atomic E-state index is 14.0. The van der Waals surface area contributed by atoms with Crippen LogP contribution in [-0.4, -0.2) is 38.8 Å². The third-order valence-electron chi connectivity index (χ3n) is 5.54. The Morgan fingerprint density at radius 2 is 1.93 bits per heavy atom. The van der Waals surface area contributed by atoms with Crippen molar-refractivity contribution in [3.63, 3.8) is 0 Å². The normalized spacial score (nSPS) is 19.4. The van der Waals surface area contributed by atoms with Crippen LogP contribution in [0.1, 0.15) is 44.9 Å². The lowest BCUT2D eigenvalue weighted by molar-refractivity contribution is -0.170. The number of fused-ring (bicyclic) bond motifs is 2. The molecule has 1 saturated carbocycles. The average molecular weight is 442 g/mol. The predicted octanol–water partition coefficient (Wildman–Crippen LogP) is 5.53. The minimum absolute atomic E-state index is 0.0434. The molecule has 1 amide bonds. The summed E-state index contributed by atoms with van der Waals surface area (Å²) < 4.78 is 48.6.